The Morgan fingerprint density at radius 3 is 2.14 bits per heavy atom. The molecular weight excluding hydrogens is 510 g/mol. The first-order valence-corrected chi connectivity index (χ1v) is 14.6. The highest BCUT2D eigenvalue weighted by Gasteiger charge is 2.36. The SMILES string of the molecule is CC1(C)c2cc(-c3ccc4ccc5ccc6nc(-c7ccccc7)oc6c5c4c3)ccc2-c2c1ccc1ccccc21. The first-order valence-electron chi connectivity index (χ1n) is 14.6. The summed E-state index contributed by atoms with van der Waals surface area (Å²) >= 11 is 0. The first kappa shape index (κ1) is 23.5. The van der Waals surface area contributed by atoms with E-state index in [4.69, 9.17) is 9.40 Å². The van der Waals surface area contributed by atoms with Crippen LogP contribution in [-0.2, 0) is 5.41 Å². The third-order valence-electron chi connectivity index (χ3n) is 9.27. The monoisotopic (exact) mass is 537 g/mol. The second-order valence-corrected chi connectivity index (χ2v) is 12.0. The van der Waals surface area contributed by atoms with Gasteiger partial charge in [-0.1, -0.05) is 111 Å². The summed E-state index contributed by atoms with van der Waals surface area (Å²) in [4.78, 5) is 4.85. The Kier molecular flexibility index (Phi) is 4.70. The number of fused-ring (bicyclic) bond motifs is 10. The summed E-state index contributed by atoms with van der Waals surface area (Å²) in [5.74, 6) is 0.652. The van der Waals surface area contributed by atoms with E-state index in [1.165, 1.54) is 54.9 Å². The number of oxazole rings is 1. The molecule has 1 aromatic heterocycles. The maximum absolute atomic E-state index is 6.47. The Morgan fingerprint density at radius 1 is 0.548 bits per heavy atom. The van der Waals surface area contributed by atoms with Gasteiger partial charge in [0.1, 0.15) is 5.52 Å². The molecule has 2 heteroatoms. The van der Waals surface area contributed by atoms with Crippen LogP contribution in [0.4, 0.5) is 0 Å². The van der Waals surface area contributed by atoms with Gasteiger partial charge in [0.15, 0.2) is 5.58 Å². The largest absolute Gasteiger partial charge is 0.435 e. The molecule has 0 saturated heterocycles. The van der Waals surface area contributed by atoms with Crippen molar-refractivity contribution in [1.82, 2.24) is 4.98 Å². The van der Waals surface area contributed by atoms with E-state index in [-0.39, 0.29) is 5.41 Å². The van der Waals surface area contributed by atoms with Crippen LogP contribution < -0.4 is 0 Å². The molecule has 0 fully saturated rings. The van der Waals surface area contributed by atoms with Gasteiger partial charge in [0, 0.05) is 16.4 Å². The average Bonchev–Trinajstić information content (AvgIpc) is 3.58. The summed E-state index contributed by atoms with van der Waals surface area (Å²) < 4.78 is 6.47. The summed E-state index contributed by atoms with van der Waals surface area (Å²) in [5, 5.41) is 7.26. The van der Waals surface area contributed by atoms with Crippen molar-refractivity contribution in [3.8, 4) is 33.7 Å². The quantitative estimate of drug-likeness (QED) is 0.205. The van der Waals surface area contributed by atoms with Gasteiger partial charge in [-0.15, -0.1) is 0 Å². The molecule has 0 amide bonds. The van der Waals surface area contributed by atoms with Crippen molar-refractivity contribution < 1.29 is 4.42 Å². The summed E-state index contributed by atoms with van der Waals surface area (Å²) in [5.41, 5.74) is 10.6. The molecule has 0 saturated carbocycles. The van der Waals surface area contributed by atoms with Crippen LogP contribution in [-0.4, -0.2) is 4.98 Å². The number of hydrogen-bond donors (Lipinski definition) is 0. The van der Waals surface area contributed by atoms with E-state index in [0.717, 1.165) is 27.4 Å². The van der Waals surface area contributed by atoms with Crippen LogP contribution in [0.5, 0.6) is 0 Å². The van der Waals surface area contributed by atoms with Crippen molar-refractivity contribution >= 4 is 43.4 Å². The summed E-state index contributed by atoms with van der Waals surface area (Å²) in [6.07, 6.45) is 0. The molecule has 2 nitrogen and oxygen atoms in total. The summed E-state index contributed by atoms with van der Waals surface area (Å²) in [6.45, 7) is 4.71. The van der Waals surface area contributed by atoms with Gasteiger partial charge in [-0.3, -0.25) is 0 Å². The molecule has 0 spiro atoms. The zero-order valence-electron chi connectivity index (χ0n) is 23.5. The summed E-state index contributed by atoms with van der Waals surface area (Å²) in [6, 6.07) is 45.9. The van der Waals surface area contributed by atoms with E-state index >= 15 is 0 Å². The molecule has 0 radical (unpaired) electrons. The van der Waals surface area contributed by atoms with Crippen molar-refractivity contribution in [2.75, 3.05) is 0 Å². The zero-order chi connectivity index (χ0) is 28.0. The Labute approximate surface area is 243 Å². The van der Waals surface area contributed by atoms with Gasteiger partial charge >= 0.3 is 0 Å². The molecule has 0 atom stereocenters. The van der Waals surface area contributed by atoms with Crippen molar-refractivity contribution in [1.29, 1.82) is 0 Å². The number of benzene rings is 7. The van der Waals surface area contributed by atoms with Gasteiger partial charge in [-0.05, 0) is 90.6 Å². The van der Waals surface area contributed by atoms with Crippen molar-refractivity contribution in [2.24, 2.45) is 0 Å². The standard InChI is InChI=1S/C40H27NO/c1-40(2)33-20-17-24-8-6-7-11-30(24)37(33)31-19-16-29(23-34(31)40)28-15-13-25-12-14-26-18-21-35-38(36(26)32(25)22-28)42-39(41-35)27-9-4-3-5-10-27/h3-23H,1-2H3. The van der Waals surface area contributed by atoms with E-state index in [1.807, 2.05) is 30.3 Å². The van der Waals surface area contributed by atoms with Crippen LogP contribution in [0, 0.1) is 0 Å². The van der Waals surface area contributed by atoms with Crippen molar-refractivity contribution in [3.63, 3.8) is 0 Å². The van der Waals surface area contributed by atoms with Gasteiger partial charge < -0.3 is 4.42 Å². The molecule has 198 valence electrons. The van der Waals surface area contributed by atoms with Gasteiger partial charge in [0.25, 0.3) is 0 Å². The summed E-state index contributed by atoms with van der Waals surface area (Å²) in [7, 11) is 0. The maximum atomic E-state index is 6.47. The zero-order valence-corrected chi connectivity index (χ0v) is 23.5. The van der Waals surface area contributed by atoms with Gasteiger partial charge in [-0.25, -0.2) is 4.98 Å². The lowest BCUT2D eigenvalue weighted by Gasteiger charge is -2.22. The fraction of sp³-hybridized carbons (Fsp3) is 0.0750. The lowest BCUT2D eigenvalue weighted by atomic mass is 9.81. The minimum Gasteiger partial charge on any atom is -0.435 e. The predicted octanol–water partition coefficient (Wildman–Crippen LogP) is 10.9. The van der Waals surface area contributed by atoms with E-state index < -0.39 is 0 Å². The molecule has 1 aliphatic rings. The van der Waals surface area contributed by atoms with E-state index in [1.54, 1.807) is 0 Å². The number of hydrogen-bond acceptors (Lipinski definition) is 2. The Bertz CT molecular complexity index is 2380. The van der Waals surface area contributed by atoms with Gasteiger partial charge in [0.2, 0.25) is 5.89 Å². The van der Waals surface area contributed by atoms with Crippen LogP contribution in [0.25, 0.3) is 77.1 Å². The molecule has 7 aromatic carbocycles. The number of aromatic nitrogens is 1. The van der Waals surface area contributed by atoms with Crippen LogP contribution in [0.3, 0.4) is 0 Å². The predicted molar refractivity (Wildman–Crippen MR) is 175 cm³/mol. The van der Waals surface area contributed by atoms with Gasteiger partial charge in [0.05, 0.1) is 0 Å². The molecule has 42 heavy (non-hydrogen) atoms. The van der Waals surface area contributed by atoms with E-state index in [2.05, 4.69) is 111 Å². The van der Waals surface area contributed by atoms with Crippen LogP contribution in [0.1, 0.15) is 25.0 Å². The lowest BCUT2D eigenvalue weighted by Crippen LogP contribution is -2.15. The van der Waals surface area contributed by atoms with Gasteiger partial charge in [-0.2, -0.15) is 0 Å². The maximum Gasteiger partial charge on any atom is 0.227 e. The minimum atomic E-state index is -0.0753. The van der Waals surface area contributed by atoms with E-state index in [9.17, 15) is 0 Å². The minimum absolute atomic E-state index is 0.0753. The van der Waals surface area contributed by atoms with Crippen LogP contribution in [0.2, 0.25) is 0 Å². The average molecular weight is 538 g/mol. The topological polar surface area (TPSA) is 26.0 Å². The van der Waals surface area contributed by atoms with Crippen molar-refractivity contribution in [3.05, 3.63) is 139 Å². The Morgan fingerprint density at radius 2 is 1.24 bits per heavy atom. The highest BCUT2D eigenvalue weighted by molar-refractivity contribution is 6.18. The molecule has 0 unspecified atom stereocenters. The molecule has 0 bridgehead atoms. The molecule has 1 heterocycles. The molecule has 8 aromatic rings. The first-order chi connectivity index (χ1) is 20.6. The third kappa shape index (κ3) is 3.24. The smallest absolute Gasteiger partial charge is 0.227 e. The highest BCUT2D eigenvalue weighted by Crippen LogP contribution is 2.52. The lowest BCUT2D eigenvalue weighted by molar-refractivity contribution is 0.623. The third-order valence-corrected chi connectivity index (χ3v) is 9.27. The Balaban J connectivity index is 1.24. The molecule has 0 N–H and O–H groups in total. The number of rotatable bonds is 2. The van der Waals surface area contributed by atoms with Crippen LogP contribution in [0.15, 0.2) is 132 Å². The number of nitrogens with zero attached hydrogens (tertiary/aromatic N) is 1. The fourth-order valence-electron chi connectivity index (χ4n) is 7.09. The molecule has 0 aliphatic heterocycles. The highest BCUT2D eigenvalue weighted by atomic mass is 16.3. The van der Waals surface area contributed by atoms with Crippen molar-refractivity contribution in [2.45, 2.75) is 19.3 Å². The second-order valence-electron chi connectivity index (χ2n) is 12.0. The molecule has 9 rings (SSSR count). The molecular formula is C40H27NO. The molecule has 1 aliphatic carbocycles. The second kappa shape index (κ2) is 8.41. The fourth-order valence-corrected chi connectivity index (χ4v) is 7.09. The Hall–Kier alpha value is -5.21. The van der Waals surface area contributed by atoms with Crippen LogP contribution >= 0.6 is 0 Å². The normalized spacial score (nSPS) is 13.7. The van der Waals surface area contributed by atoms with E-state index in [0.29, 0.717) is 5.89 Å².